The van der Waals surface area contributed by atoms with Crippen LogP contribution in [0.15, 0.2) is 15.5 Å². The predicted octanol–water partition coefficient (Wildman–Crippen LogP) is 1.76. The van der Waals surface area contributed by atoms with Crippen LogP contribution in [0, 0.1) is 5.92 Å². The van der Waals surface area contributed by atoms with Crippen molar-refractivity contribution in [2.75, 3.05) is 18.0 Å². The van der Waals surface area contributed by atoms with E-state index in [9.17, 15) is 4.79 Å². The molecular weight excluding hydrogens is 308 g/mol. The Kier molecular flexibility index (Phi) is 4.30. The van der Waals surface area contributed by atoms with Crippen molar-refractivity contribution in [3.05, 3.63) is 21.0 Å². The molecule has 2 N–H and O–H groups in total. The van der Waals surface area contributed by atoms with E-state index in [0.29, 0.717) is 10.4 Å². The third-order valence-corrected chi connectivity index (χ3v) is 4.19. The molecule has 2 unspecified atom stereocenters. The molecule has 106 valence electrons. The van der Waals surface area contributed by atoms with Gasteiger partial charge in [-0.1, -0.05) is 6.92 Å². The Hall–Kier alpha value is -0.880. The zero-order valence-corrected chi connectivity index (χ0v) is 13.2. The van der Waals surface area contributed by atoms with Gasteiger partial charge in [-0.15, -0.1) is 0 Å². The van der Waals surface area contributed by atoms with Crippen LogP contribution >= 0.6 is 15.9 Å². The van der Waals surface area contributed by atoms with E-state index in [2.05, 4.69) is 32.9 Å². The van der Waals surface area contributed by atoms with Crippen LogP contribution in [0.2, 0.25) is 0 Å². The van der Waals surface area contributed by atoms with Crippen molar-refractivity contribution in [3.8, 4) is 0 Å². The highest BCUT2D eigenvalue weighted by Crippen LogP contribution is 2.26. The van der Waals surface area contributed by atoms with Crippen LogP contribution in [0.5, 0.6) is 0 Å². The summed E-state index contributed by atoms with van der Waals surface area (Å²) in [6.45, 7) is 7.76. The highest BCUT2D eigenvalue weighted by atomic mass is 79.9. The van der Waals surface area contributed by atoms with Crippen LogP contribution in [0.4, 0.5) is 5.69 Å². The van der Waals surface area contributed by atoms with E-state index in [1.165, 1.54) is 4.68 Å². The van der Waals surface area contributed by atoms with Crippen molar-refractivity contribution in [1.82, 2.24) is 9.78 Å². The van der Waals surface area contributed by atoms with E-state index in [4.69, 9.17) is 5.73 Å². The molecular formula is C13H21BrN4O. The fourth-order valence-corrected chi connectivity index (χ4v) is 3.16. The molecule has 1 saturated heterocycles. The van der Waals surface area contributed by atoms with Gasteiger partial charge in [0.2, 0.25) is 0 Å². The molecule has 0 saturated carbocycles. The van der Waals surface area contributed by atoms with Gasteiger partial charge in [0.1, 0.15) is 4.47 Å². The summed E-state index contributed by atoms with van der Waals surface area (Å²) in [4.78, 5) is 14.4. The maximum absolute atomic E-state index is 12.2. The molecule has 2 heterocycles. The number of rotatable bonds is 2. The SMILES string of the molecule is CC1CC(N)CN(c2cnn(C(C)C)c(=O)c2Br)C1. The van der Waals surface area contributed by atoms with Crippen molar-refractivity contribution in [2.24, 2.45) is 11.7 Å². The maximum atomic E-state index is 12.2. The predicted molar refractivity (Wildman–Crippen MR) is 80.6 cm³/mol. The Bertz CT molecular complexity index is 504. The number of nitrogens with zero attached hydrogens (tertiary/aromatic N) is 3. The second-order valence-electron chi connectivity index (χ2n) is 5.69. The zero-order chi connectivity index (χ0) is 14.2. The van der Waals surface area contributed by atoms with Gasteiger partial charge in [-0.2, -0.15) is 5.10 Å². The van der Waals surface area contributed by atoms with Crippen LogP contribution in [-0.2, 0) is 0 Å². The molecule has 1 aromatic heterocycles. The highest BCUT2D eigenvalue weighted by Gasteiger charge is 2.25. The monoisotopic (exact) mass is 328 g/mol. The lowest BCUT2D eigenvalue weighted by Crippen LogP contribution is -2.47. The van der Waals surface area contributed by atoms with Gasteiger partial charge in [0.25, 0.3) is 5.56 Å². The molecule has 1 aliphatic rings. The van der Waals surface area contributed by atoms with Gasteiger partial charge in [-0.3, -0.25) is 4.79 Å². The molecule has 0 bridgehead atoms. The van der Waals surface area contributed by atoms with Crippen molar-refractivity contribution >= 4 is 21.6 Å². The molecule has 0 aliphatic carbocycles. The van der Waals surface area contributed by atoms with Crippen LogP contribution in [0.3, 0.4) is 0 Å². The number of hydrogen-bond acceptors (Lipinski definition) is 4. The fourth-order valence-electron chi connectivity index (χ4n) is 2.62. The van der Waals surface area contributed by atoms with Crippen molar-refractivity contribution in [2.45, 2.75) is 39.3 Å². The van der Waals surface area contributed by atoms with Gasteiger partial charge in [0.15, 0.2) is 0 Å². The number of hydrogen-bond donors (Lipinski definition) is 1. The maximum Gasteiger partial charge on any atom is 0.283 e. The molecule has 1 aliphatic heterocycles. The van der Waals surface area contributed by atoms with E-state index >= 15 is 0 Å². The molecule has 0 radical (unpaired) electrons. The Labute approximate surface area is 121 Å². The van der Waals surface area contributed by atoms with E-state index in [0.717, 1.165) is 25.2 Å². The molecule has 1 fully saturated rings. The van der Waals surface area contributed by atoms with Gasteiger partial charge in [-0.05, 0) is 42.1 Å². The lowest BCUT2D eigenvalue weighted by Gasteiger charge is -2.36. The first-order valence-corrected chi connectivity index (χ1v) is 7.47. The second-order valence-corrected chi connectivity index (χ2v) is 6.49. The third-order valence-electron chi connectivity index (χ3n) is 3.45. The summed E-state index contributed by atoms with van der Waals surface area (Å²) < 4.78 is 2.07. The lowest BCUT2D eigenvalue weighted by atomic mass is 9.96. The molecule has 2 atom stereocenters. The number of aromatic nitrogens is 2. The highest BCUT2D eigenvalue weighted by molar-refractivity contribution is 9.10. The van der Waals surface area contributed by atoms with E-state index in [-0.39, 0.29) is 17.6 Å². The van der Waals surface area contributed by atoms with Crippen LogP contribution in [0.25, 0.3) is 0 Å². The summed E-state index contributed by atoms with van der Waals surface area (Å²) in [6, 6.07) is 0.212. The normalized spacial score (nSPS) is 24.0. The Morgan fingerprint density at radius 1 is 1.47 bits per heavy atom. The Morgan fingerprint density at radius 2 is 2.16 bits per heavy atom. The van der Waals surface area contributed by atoms with Crippen LogP contribution < -0.4 is 16.2 Å². The summed E-state index contributed by atoms with van der Waals surface area (Å²) >= 11 is 3.42. The molecule has 1 aromatic rings. The lowest BCUT2D eigenvalue weighted by molar-refractivity contribution is 0.400. The van der Waals surface area contributed by atoms with Gasteiger partial charge in [0.05, 0.1) is 17.9 Å². The number of anilines is 1. The van der Waals surface area contributed by atoms with Crippen molar-refractivity contribution < 1.29 is 0 Å². The molecule has 0 aromatic carbocycles. The van der Waals surface area contributed by atoms with Gasteiger partial charge in [-0.25, -0.2) is 4.68 Å². The summed E-state index contributed by atoms with van der Waals surface area (Å²) in [5.74, 6) is 0.531. The van der Waals surface area contributed by atoms with E-state index in [1.807, 2.05) is 13.8 Å². The summed E-state index contributed by atoms with van der Waals surface area (Å²) in [5.41, 5.74) is 6.83. The van der Waals surface area contributed by atoms with E-state index in [1.54, 1.807) is 6.20 Å². The van der Waals surface area contributed by atoms with Gasteiger partial charge < -0.3 is 10.6 Å². The van der Waals surface area contributed by atoms with Crippen molar-refractivity contribution in [1.29, 1.82) is 0 Å². The Morgan fingerprint density at radius 3 is 2.74 bits per heavy atom. The van der Waals surface area contributed by atoms with Crippen molar-refractivity contribution in [3.63, 3.8) is 0 Å². The standard InChI is InChI=1S/C13H21BrN4O/c1-8(2)18-13(19)12(14)11(5-16-18)17-6-9(3)4-10(15)7-17/h5,8-10H,4,6-7,15H2,1-3H3. The first-order valence-electron chi connectivity index (χ1n) is 6.68. The minimum absolute atomic E-state index is 0.0559. The molecule has 0 amide bonds. The van der Waals surface area contributed by atoms with E-state index < -0.39 is 0 Å². The minimum atomic E-state index is -0.0840. The summed E-state index contributed by atoms with van der Waals surface area (Å²) in [7, 11) is 0. The topological polar surface area (TPSA) is 64.2 Å². The number of halogens is 1. The minimum Gasteiger partial charge on any atom is -0.367 e. The molecule has 5 nitrogen and oxygen atoms in total. The van der Waals surface area contributed by atoms with Gasteiger partial charge >= 0.3 is 0 Å². The largest absolute Gasteiger partial charge is 0.367 e. The summed E-state index contributed by atoms with van der Waals surface area (Å²) in [5, 5.41) is 4.26. The fraction of sp³-hybridized carbons (Fsp3) is 0.692. The average molecular weight is 329 g/mol. The second kappa shape index (κ2) is 5.63. The molecule has 0 spiro atoms. The average Bonchev–Trinajstić information content (AvgIpc) is 2.30. The summed E-state index contributed by atoms with van der Waals surface area (Å²) in [6.07, 6.45) is 2.79. The number of nitrogens with two attached hydrogens (primary N) is 1. The smallest absolute Gasteiger partial charge is 0.283 e. The van der Waals surface area contributed by atoms with Gasteiger partial charge in [0, 0.05) is 19.1 Å². The first-order chi connectivity index (χ1) is 8.90. The van der Waals surface area contributed by atoms with Crippen LogP contribution in [-0.4, -0.2) is 28.9 Å². The Balaban J connectivity index is 2.36. The third kappa shape index (κ3) is 3.00. The molecule has 19 heavy (non-hydrogen) atoms. The van der Waals surface area contributed by atoms with Crippen LogP contribution in [0.1, 0.15) is 33.2 Å². The molecule has 6 heteroatoms. The first kappa shape index (κ1) is 14.5. The number of piperidine rings is 1. The molecule has 2 rings (SSSR count). The zero-order valence-electron chi connectivity index (χ0n) is 11.6. The quantitative estimate of drug-likeness (QED) is 0.898.